The Labute approximate surface area is 204 Å². The molecule has 0 bridgehead atoms. The fourth-order valence-corrected chi connectivity index (χ4v) is 3.84. The number of nitrogens with two attached hydrogens (primary N) is 2. The van der Waals surface area contributed by atoms with Crippen LogP contribution < -0.4 is 15.6 Å². The van der Waals surface area contributed by atoms with Crippen LogP contribution in [0.4, 0.5) is 8.78 Å². The first-order chi connectivity index (χ1) is 16.5. The molecule has 2 aromatic rings. The summed E-state index contributed by atoms with van der Waals surface area (Å²) in [5.74, 6) is -0.160. The number of piperidine rings is 1. The highest BCUT2D eigenvalue weighted by Crippen LogP contribution is 2.46. The van der Waals surface area contributed by atoms with Gasteiger partial charge in [0.15, 0.2) is 16.6 Å². The molecule has 9 heteroatoms. The lowest BCUT2D eigenvalue weighted by molar-refractivity contribution is -0.132. The number of alkyl halides is 1. The molecule has 2 aliphatic rings. The molecule has 0 spiro atoms. The van der Waals surface area contributed by atoms with Gasteiger partial charge in [0.25, 0.3) is 0 Å². The Bertz CT molecular complexity index is 907. The molecule has 34 heavy (non-hydrogen) atoms. The highest BCUT2D eigenvalue weighted by atomic mass is 32.2. The number of ether oxygens (including phenoxy) is 1. The Balaban J connectivity index is 0.000000437. The van der Waals surface area contributed by atoms with E-state index in [1.54, 1.807) is 6.07 Å². The van der Waals surface area contributed by atoms with Crippen LogP contribution in [0.5, 0.6) is 5.75 Å². The smallest absolute Gasteiger partial charge is 0.225 e. The summed E-state index contributed by atoms with van der Waals surface area (Å²) in [5, 5.41) is 10.9. The fraction of sp³-hybridized carbons (Fsp3) is 0.480. The fourth-order valence-electron chi connectivity index (χ4n) is 3.51. The van der Waals surface area contributed by atoms with Crippen molar-refractivity contribution in [3.63, 3.8) is 0 Å². The van der Waals surface area contributed by atoms with Gasteiger partial charge in [0, 0.05) is 32.3 Å². The number of benzene rings is 2. The molecular formula is C25H35F2N3O3S. The molecular weight excluding hydrogens is 460 g/mol. The molecule has 1 saturated carbocycles. The van der Waals surface area contributed by atoms with Crippen molar-refractivity contribution < 1.29 is 23.4 Å². The quantitative estimate of drug-likeness (QED) is 0.493. The number of halogens is 2. The van der Waals surface area contributed by atoms with E-state index in [9.17, 15) is 13.6 Å². The number of rotatable bonds is 7. The SMILES string of the molecule is CO.NCc1cccc(-c2cccc(F)c2OCCC(=O)N2CCCCC2)c1.NSC1(F)CC1. The van der Waals surface area contributed by atoms with E-state index in [0.29, 0.717) is 24.9 Å². The number of nitrogens with zero attached hydrogens (tertiary/aromatic N) is 1. The van der Waals surface area contributed by atoms with Crippen LogP contribution in [0.25, 0.3) is 11.1 Å². The Hall–Kier alpha value is -2.20. The van der Waals surface area contributed by atoms with Gasteiger partial charge in [0.1, 0.15) is 0 Å². The van der Waals surface area contributed by atoms with E-state index in [-0.39, 0.29) is 24.7 Å². The van der Waals surface area contributed by atoms with Gasteiger partial charge in [-0.15, -0.1) is 0 Å². The summed E-state index contributed by atoms with van der Waals surface area (Å²) in [6.45, 7) is 2.22. The zero-order chi connectivity index (χ0) is 25.0. The minimum atomic E-state index is -1.01. The van der Waals surface area contributed by atoms with Crippen molar-refractivity contribution in [2.75, 3.05) is 26.8 Å². The van der Waals surface area contributed by atoms with Crippen molar-refractivity contribution in [1.29, 1.82) is 0 Å². The first-order valence-electron chi connectivity index (χ1n) is 11.5. The largest absolute Gasteiger partial charge is 0.489 e. The number of amides is 1. The normalized spacial score (nSPS) is 15.9. The number of para-hydroxylation sites is 1. The Morgan fingerprint density at radius 2 is 1.82 bits per heavy atom. The summed E-state index contributed by atoms with van der Waals surface area (Å²) in [7, 11) is 1.00. The van der Waals surface area contributed by atoms with Crippen molar-refractivity contribution in [3.05, 3.63) is 53.8 Å². The van der Waals surface area contributed by atoms with Gasteiger partial charge < -0.3 is 20.5 Å². The maximum atomic E-state index is 14.4. The molecule has 0 atom stereocenters. The van der Waals surface area contributed by atoms with E-state index in [2.05, 4.69) is 0 Å². The molecule has 188 valence electrons. The predicted molar refractivity (Wildman–Crippen MR) is 133 cm³/mol. The van der Waals surface area contributed by atoms with Crippen molar-refractivity contribution in [2.24, 2.45) is 10.9 Å². The maximum Gasteiger partial charge on any atom is 0.225 e. The lowest BCUT2D eigenvalue weighted by Gasteiger charge is -2.26. The first kappa shape index (κ1) is 28.0. The van der Waals surface area contributed by atoms with Gasteiger partial charge in [-0.2, -0.15) is 0 Å². The third-order valence-corrected chi connectivity index (χ3v) is 6.40. The van der Waals surface area contributed by atoms with Gasteiger partial charge in [-0.3, -0.25) is 9.93 Å². The van der Waals surface area contributed by atoms with Gasteiger partial charge in [0.05, 0.1) is 13.0 Å². The van der Waals surface area contributed by atoms with Crippen LogP contribution in [0, 0.1) is 5.82 Å². The first-order valence-corrected chi connectivity index (χ1v) is 12.3. The average molecular weight is 496 g/mol. The van der Waals surface area contributed by atoms with E-state index in [4.69, 9.17) is 20.7 Å². The van der Waals surface area contributed by atoms with Gasteiger partial charge in [-0.25, -0.2) is 8.78 Å². The second-order valence-electron chi connectivity index (χ2n) is 8.06. The molecule has 0 aromatic heterocycles. The van der Waals surface area contributed by atoms with E-state index in [0.717, 1.165) is 56.1 Å². The van der Waals surface area contributed by atoms with Crippen LogP contribution in [-0.2, 0) is 11.3 Å². The van der Waals surface area contributed by atoms with Crippen molar-refractivity contribution in [3.8, 4) is 16.9 Å². The summed E-state index contributed by atoms with van der Waals surface area (Å²) in [6.07, 6.45) is 4.85. The van der Waals surface area contributed by atoms with E-state index >= 15 is 0 Å². The Morgan fingerprint density at radius 3 is 2.41 bits per heavy atom. The monoisotopic (exact) mass is 495 g/mol. The van der Waals surface area contributed by atoms with Crippen LogP contribution in [0.2, 0.25) is 0 Å². The molecule has 5 N–H and O–H groups in total. The number of carbonyl (C=O) groups is 1. The third-order valence-electron chi connectivity index (χ3n) is 5.57. The van der Waals surface area contributed by atoms with Gasteiger partial charge >= 0.3 is 0 Å². The lowest BCUT2D eigenvalue weighted by atomic mass is 10.0. The van der Waals surface area contributed by atoms with E-state index < -0.39 is 10.8 Å². The van der Waals surface area contributed by atoms with Crippen molar-refractivity contribution in [1.82, 2.24) is 4.90 Å². The Kier molecular flexibility index (Phi) is 11.8. The molecule has 0 unspecified atom stereocenters. The summed E-state index contributed by atoms with van der Waals surface area (Å²) in [4.78, 5) is 14.1. The van der Waals surface area contributed by atoms with Gasteiger partial charge in [-0.05, 0) is 67.3 Å². The molecule has 2 fully saturated rings. The molecule has 1 saturated heterocycles. The average Bonchev–Trinajstić information content (AvgIpc) is 3.64. The molecule has 1 aliphatic heterocycles. The lowest BCUT2D eigenvalue weighted by Crippen LogP contribution is -2.36. The molecule has 1 aliphatic carbocycles. The minimum absolute atomic E-state index is 0.0766. The van der Waals surface area contributed by atoms with E-state index in [1.165, 1.54) is 12.5 Å². The number of hydrogen-bond donors (Lipinski definition) is 3. The molecule has 1 heterocycles. The van der Waals surface area contributed by atoms with E-state index in [1.807, 2.05) is 35.2 Å². The van der Waals surface area contributed by atoms with Gasteiger partial charge in [0.2, 0.25) is 5.91 Å². The second kappa shape index (κ2) is 14.3. The summed E-state index contributed by atoms with van der Waals surface area (Å²) in [5.41, 5.74) is 8.20. The highest BCUT2D eigenvalue weighted by Gasteiger charge is 2.43. The van der Waals surface area contributed by atoms with Crippen LogP contribution in [0.15, 0.2) is 42.5 Å². The zero-order valence-corrected chi connectivity index (χ0v) is 20.5. The van der Waals surface area contributed by atoms with Crippen LogP contribution in [-0.4, -0.2) is 47.7 Å². The summed E-state index contributed by atoms with van der Waals surface area (Å²) >= 11 is 0.826. The predicted octanol–water partition coefficient (Wildman–Crippen LogP) is 4.39. The topological polar surface area (TPSA) is 102 Å². The molecule has 0 radical (unpaired) electrons. The van der Waals surface area contributed by atoms with Crippen LogP contribution in [0.1, 0.15) is 44.1 Å². The zero-order valence-electron chi connectivity index (χ0n) is 19.6. The maximum absolute atomic E-state index is 14.4. The molecule has 1 amide bonds. The molecule has 4 rings (SSSR count). The number of aliphatic hydroxyl groups excluding tert-OH is 1. The van der Waals surface area contributed by atoms with Crippen LogP contribution in [0.3, 0.4) is 0 Å². The number of hydrogen-bond acceptors (Lipinski definition) is 6. The van der Waals surface area contributed by atoms with Crippen molar-refractivity contribution >= 4 is 17.9 Å². The standard InChI is InChI=1S/C21H25FN2O2.C3H6FNS.CH4O/c22-19-9-5-8-18(17-7-4-6-16(14-17)15-23)21(19)26-13-10-20(25)24-11-2-1-3-12-24;4-3(6-5)1-2-3;1-2/h4-9,14H,1-3,10-13,15,23H2;1-2,5H2;2H,1H3. The number of likely N-dealkylation sites (tertiary alicyclic amines) is 1. The second-order valence-corrected chi connectivity index (χ2v) is 9.03. The minimum Gasteiger partial charge on any atom is -0.489 e. The van der Waals surface area contributed by atoms with Crippen molar-refractivity contribution in [2.45, 2.75) is 50.1 Å². The van der Waals surface area contributed by atoms with Gasteiger partial charge in [-0.1, -0.05) is 30.3 Å². The summed E-state index contributed by atoms with van der Waals surface area (Å²) < 4.78 is 32.1. The highest BCUT2D eigenvalue weighted by molar-refractivity contribution is 7.98. The number of carbonyl (C=O) groups excluding carboxylic acids is 1. The third kappa shape index (κ3) is 8.54. The molecule has 6 nitrogen and oxygen atoms in total. The molecule has 2 aromatic carbocycles. The summed E-state index contributed by atoms with van der Waals surface area (Å²) in [6, 6.07) is 12.5. The number of aliphatic hydroxyl groups is 1. The van der Waals surface area contributed by atoms with Crippen LogP contribution >= 0.6 is 11.9 Å². The Morgan fingerprint density at radius 1 is 1.15 bits per heavy atom.